The normalized spacial score (nSPS) is 16.6. The average molecular weight is 467 g/mol. The lowest BCUT2D eigenvalue weighted by molar-refractivity contribution is 0.0933. The van der Waals surface area contributed by atoms with E-state index in [0.29, 0.717) is 6.54 Å². The maximum atomic E-state index is 13.2. The molecule has 1 fully saturated rings. The highest BCUT2D eigenvalue weighted by Gasteiger charge is 2.35. The number of nitrogens with zero attached hydrogens (tertiary/aromatic N) is 1. The third-order valence-corrected chi connectivity index (χ3v) is 8.12. The number of benzene rings is 2. The predicted octanol–water partition coefficient (Wildman–Crippen LogP) is 5.80. The van der Waals surface area contributed by atoms with Gasteiger partial charge in [0.25, 0.3) is 5.91 Å². The van der Waals surface area contributed by atoms with Crippen molar-refractivity contribution in [3.8, 4) is 11.5 Å². The van der Waals surface area contributed by atoms with E-state index in [1.54, 1.807) is 23.1 Å². The van der Waals surface area contributed by atoms with Crippen molar-refractivity contribution in [3.05, 3.63) is 70.2 Å². The molecule has 2 heterocycles. The first-order chi connectivity index (χ1) is 15.7. The van der Waals surface area contributed by atoms with E-state index in [2.05, 4.69) is 22.4 Å². The van der Waals surface area contributed by atoms with Crippen LogP contribution in [0.5, 0.6) is 11.5 Å². The molecule has 1 saturated carbocycles. The van der Waals surface area contributed by atoms with Crippen molar-refractivity contribution in [2.24, 2.45) is 0 Å². The molecule has 0 bridgehead atoms. The van der Waals surface area contributed by atoms with Crippen LogP contribution >= 0.6 is 23.1 Å². The number of rotatable bonds is 7. The Morgan fingerprint density at radius 2 is 1.94 bits per heavy atom. The summed E-state index contributed by atoms with van der Waals surface area (Å²) < 4.78 is 11.1. The van der Waals surface area contributed by atoms with Crippen LogP contribution in [-0.4, -0.2) is 24.2 Å². The number of hydrogen-bond donors (Lipinski definition) is 1. The van der Waals surface area contributed by atoms with Gasteiger partial charge in [-0.05, 0) is 42.7 Å². The maximum Gasteiger partial charge on any atom is 0.252 e. The number of carbonyl (C=O) groups excluding carboxylic acids is 1. The van der Waals surface area contributed by atoms with E-state index in [0.717, 1.165) is 46.2 Å². The van der Waals surface area contributed by atoms with Crippen LogP contribution in [0.2, 0.25) is 0 Å². The first-order valence-electron chi connectivity index (χ1n) is 11.0. The summed E-state index contributed by atoms with van der Waals surface area (Å²) in [6.07, 6.45) is 5.71. The number of nitrogens with one attached hydrogen (secondary N) is 1. The van der Waals surface area contributed by atoms with E-state index in [9.17, 15) is 4.79 Å². The smallest absolute Gasteiger partial charge is 0.252 e. The summed E-state index contributed by atoms with van der Waals surface area (Å²) in [5.41, 5.74) is 4.77. The molecule has 3 aromatic rings. The second kappa shape index (κ2) is 9.55. The van der Waals surface area contributed by atoms with Crippen molar-refractivity contribution >= 4 is 29.0 Å². The van der Waals surface area contributed by atoms with Gasteiger partial charge >= 0.3 is 0 Å². The molecular weight excluding hydrogens is 440 g/mol. The Hall–Kier alpha value is -2.51. The number of carbonyl (C=O) groups is 1. The van der Waals surface area contributed by atoms with Crippen molar-refractivity contribution in [2.45, 2.75) is 48.2 Å². The standard InChI is InChI=1S/C25H26N2O3S2/c28-24(20-6-2-3-7-23(20)32-14-19-13-31-16-27-19)26-15-25(10-4-1-5-11-25)18-8-9-21-22(12-18)30-17-29-21/h2-3,6-9,12-13,16H,1,4-5,10-11,14-15,17H2,(H,26,28). The molecule has 1 aromatic heterocycles. The van der Waals surface area contributed by atoms with Gasteiger partial charge in [-0.15, -0.1) is 23.1 Å². The molecule has 0 saturated heterocycles. The lowest BCUT2D eigenvalue weighted by Gasteiger charge is -2.38. The predicted molar refractivity (Wildman–Crippen MR) is 128 cm³/mol. The zero-order chi connectivity index (χ0) is 21.8. The zero-order valence-corrected chi connectivity index (χ0v) is 19.5. The van der Waals surface area contributed by atoms with Gasteiger partial charge in [0.15, 0.2) is 11.5 Å². The van der Waals surface area contributed by atoms with Gasteiger partial charge in [0.05, 0.1) is 16.8 Å². The molecule has 0 radical (unpaired) electrons. The van der Waals surface area contributed by atoms with Gasteiger partial charge in [0.2, 0.25) is 6.79 Å². The molecule has 7 heteroatoms. The van der Waals surface area contributed by atoms with Gasteiger partial charge in [0, 0.05) is 28.0 Å². The molecule has 1 aliphatic heterocycles. The average Bonchev–Trinajstić information content (AvgIpc) is 3.53. The number of fused-ring (bicyclic) bond motifs is 1. The van der Waals surface area contributed by atoms with Gasteiger partial charge < -0.3 is 14.8 Å². The van der Waals surface area contributed by atoms with Crippen LogP contribution in [-0.2, 0) is 11.2 Å². The van der Waals surface area contributed by atoms with E-state index >= 15 is 0 Å². The minimum absolute atomic E-state index is 0.0166. The summed E-state index contributed by atoms with van der Waals surface area (Å²) in [5, 5.41) is 5.32. The Balaban J connectivity index is 1.32. The second-order valence-electron chi connectivity index (χ2n) is 8.36. The van der Waals surface area contributed by atoms with Gasteiger partial charge in [-0.1, -0.05) is 37.5 Å². The fourth-order valence-electron chi connectivity index (χ4n) is 4.61. The summed E-state index contributed by atoms with van der Waals surface area (Å²) in [7, 11) is 0. The van der Waals surface area contributed by atoms with Crippen LogP contribution in [0.4, 0.5) is 0 Å². The topological polar surface area (TPSA) is 60.5 Å². The maximum absolute atomic E-state index is 13.2. The summed E-state index contributed by atoms with van der Waals surface area (Å²) in [6, 6.07) is 14.1. The third kappa shape index (κ3) is 4.50. The first-order valence-corrected chi connectivity index (χ1v) is 12.9. The molecule has 0 unspecified atom stereocenters. The number of ether oxygens (including phenoxy) is 2. The summed E-state index contributed by atoms with van der Waals surface area (Å²) in [4.78, 5) is 18.6. The highest BCUT2D eigenvalue weighted by molar-refractivity contribution is 7.98. The van der Waals surface area contributed by atoms with Crippen molar-refractivity contribution in [2.75, 3.05) is 13.3 Å². The summed E-state index contributed by atoms with van der Waals surface area (Å²) >= 11 is 3.25. The van der Waals surface area contributed by atoms with Crippen LogP contribution in [0.3, 0.4) is 0 Å². The number of hydrogen-bond acceptors (Lipinski definition) is 6. The molecular formula is C25H26N2O3S2. The monoisotopic (exact) mass is 466 g/mol. The van der Waals surface area contributed by atoms with E-state index in [1.165, 1.54) is 24.8 Å². The fraction of sp³-hybridized carbons (Fsp3) is 0.360. The van der Waals surface area contributed by atoms with Crippen molar-refractivity contribution in [3.63, 3.8) is 0 Å². The van der Waals surface area contributed by atoms with Gasteiger partial charge in [-0.25, -0.2) is 4.98 Å². The quantitative estimate of drug-likeness (QED) is 0.446. The molecule has 1 N–H and O–H groups in total. The Morgan fingerprint density at radius 3 is 2.78 bits per heavy atom. The molecule has 2 aliphatic rings. The molecule has 166 valence electrons. The zero-order valence-electron chi connectivity index (χ0n) is 17.8. The summed E-state index contributed by atoms with van der Waals surface area (Å²) in [6.45, 7) is 0.897. The SMILES string of the molecule is O=C(NCC1(c2ccc3c(c2)OCO3)CCCCC1)c1ccccc1SCc1cscn1. The number of thiazole rings is 1. The van der Waals surface area contributed by atoms with Crippen molar-refractivity contribution < 1.29 is 14.3 Å². The molecule has 5 nitrogen and oxygen atoms in total. The molecule has 0 spiro atoms. The van der Waals surface area contributed by atoms with Gasteiger partial charge in [-0.2, -0.15) is 0 Å². The van der Waals surface area contributed by atoms with Gasteiger partial charge in [0.1, 0.15) is 0 Å². The third-order valence-electron chi connectivity index (χ3n) is 6.37. The van der Waals surface area contributed by atoms with Gasteiger partial charge in [-0.3, -0.25) is 4.79 Å². The van der Waals surface area contributed by atoms with E-state index in [4.69, 9.17) is 9.47 Å². The molecule has 1 aliphatic carbocycles. The number of thioether (sulfide) groups is 1. The Morgan fingerprint density at radius 1 is 1.09 bits per heavy atom. The van der Waals surface area contributed by atoms with Crippen LogP contribution in [0.25, 0.3) is 0 Å². The van der Waals surface area contributed by atoms with Crippen LogP contribution in [0.1, 0.15) is 53.7 Å². The molecule has 0 atom stereocenters. The molecule has 5 rings (SSSR count). The van der Waals surface area contributed by atoms with E-state index in [-0.39, 0.29) is 18.1 Å². The number of aromatic nitrogens is 1. The van der Waals surface area contributed by atoms with Crippen LogP contribution < -0.4 is 14.8 Å². The Kier molecular flexibility index (Phi) is 6.37. The highest BCUT2D eigenvalue weighted by Crippen LogP contribution is 2.43. The molecule has 32 heavy (non-hydrogen) atoms. The minimum Gasteiger partial charge on any atom is -0.454 e. The largest absolute Gasteiger partial charge is 0.454 e. The molecule has 1 amide bonds. The van der Waals surface area contributed by atoms with Crippen LogP contribution in [0, 0.1) is 0 Å². The lowest BCUT2D eigenvalue weighted by Crippen LogP contribution is -2.42. The minimum atomic E-state index is -0.0719. The van der Waals surface area contributed by atoms with E-state index in [1.807, 2.05) is 41.2 Å². The fourth-order valence-corrected chi connectivity index (χ4v) is 6.22. The number of amides is 1. The van der Waals surface area contributed by atoms with Crippen molar-refractivity contribution in [1.82, 2.24) is 10.3 Å². The first kappa shape index (κ1) is 21.3. The lowest BCUT2D eigenvalue weighted by atomic mass is 9.69. The van der Waals surface area contributed by atoms with E-state index < -0.39 is 0 Å². The highest BCUT2D eigenvalue weighted by atomic mass is 32.2. The second-order valence-corrected chi connectivity index (χ2v) is 10.1. The Labute approximate surface area is 196 Å². The molecule has 2 aromatic carbocycles. The van der Waals surface area contributed by atoms with Crippen LogP contribution in [0.15, 0.2) is 58.3 Å². The Bertz CT molecular complexity index is 1080. The summed E-state index contributed by atoms with van der Waals surface area (Å²) in [5.74, 6) is 2.35. The van der Waals surface area contributed by atoms with Crippen molar-refractivity contribution in [1.29, 1.82) is 0 Å².